The minimum atomic E-state index is -5.95. The summed E-state index contributed by atoms with van der Waals surface area (Å²) in [5, 5.41) is 40.5. The first kappa shape index (κ1) is 46.2. The normalized spacial score (nSPS) is 13.3. The number of nitro benzene ring substituents is 2. The van der Waals surface area contributed by atoms with Gasteiger partial charge in [-0.3, -0.25) is 20.2 Å². The lowest BCUT2D eigenvalue weighted by Gasteiger charge is -2.32. The molecule has 1 aliphatic carbocycles. The number of hydrogen-bond acceptors (Lipinski definition) is 6. The summed E-state index contributed by atoms with van der Waals surface area (Å²) in [7, 11) is 0. The Kier molecular flexibility index (Phi) is 13.3. The molecule has 0 unspecified atom stereocenters. The van der Waals surface area contributed by atoms with Crippen LogP contribution in [-0.4, -0.2) is 49.3 Å². The number of nitrogens with zero attached hydrogens (tertiary/aromatic N) is 3. The van der Waals surface area contributed by atoms with Crippen LogP contribution in [0.1, 0.15) is 33.4 Å². The van der Waals surface area contributed by atoms with Gasteiger partial charge in [-0.15, -0.1) is 0 Å². The maximum absolute atomic E-state index is 12.9. The molecule has 0 atom stereocenters. The third kappa shape index (κ3) is 9.71. The quantitative estimate of drug-likeness (QED) is 0.0723. The Balaban J connectivity index is 0.000000217. The first-order chi connectivity index (χ1) is 27.2. The van der Waals surface area contributed by atoms with Gasteiger partial charge >= 0.3 is 24.7 Å². The smallest absolute Gasteiger partial charge is 0.369 e. The predicted octanol–water partition coefficient (Wildman–Crippen LogP) is 11.0. The van der Waals surface area contributed by atoms with Gasteiger partial charge in [0.2, 0.25) is 0 Å². The molecule has 6 rings (SSSR count). The van der Waals surface area contributed by atoms with Crippen molar-refractivity contribution in [3.63, 3.8) is 0 Å². The lowest BCUT2D eigenvalue weighted by molar-refractivity contribution is -0.385. The van der Waals surface area contributed by atoms with Crippen LogP contribution >= 0.6 is 15.9 Å². The fourth-order valence-corrected chi connectivity index (χ4v) is 6.02. The highest BCUT2D eigenvalue weighted by molar-refractivity contribution is 9.08. The Labute approximate surface area is 332 Å². The van der Waals surface area contributed by atoms with Crippen LogP contribution in [-0.2, 0) is 29.5 Å². The van der Waals surface area contributed by atoms with Gasteiger partial charge in [0.1, 0.15) is 0 Å². The van der Waals surface area contributed by atoms with Crippen LogP contribution in [0.3, 0.4) is 0 Å². The number of nitro groups is 2. The molecule has 0 fully saturated rings. The Hall–Kier alpha value is -5.48. The zero-order chi connectivity index (χ0) is 44.4. The number of alkyl halides is 13. The number of allylic oxidation sites excluding steroid dienone is 1. The van der Waals surface area contributed by atoms with Crippen LogP contribution in [0.4, 0.5) is 64.1 Å². The van der Waals surface area contributed by atoms with Crippen molar-refractivity contribution in [3.8, 4) is 0 Å². The Morgan fingerprint density at radius 3 is 1.49 bits per heavy atom. The summed E-state index contributed by atoms with van der Waals surface area (Å²) >= 11 is 3.00. The molecule has 0 saturated heterocycles. The molecule has 22 heteroatoms. The number of rotatable bonds is 7. The Morgan fingerprint density at radius 1 is 0.610 bits per heavy atom. The average Bonchev–Trinajstić information content (AvgIpc) is 3.79. The van der Waals surface area contributed by atoms with Crippen molar-refractivity contribution < 1.29 is 72.7 Å². The Bertz CT molecular complexity index is 2290. The molecule has 0 saturated carbocycles. The number of hydrogen-bond donors (Lipinski definition) is 2. The summed E-state index contributed by atoms with van der Waals surface area (Å²) in [5.74, 6) is 0. The molecule has 0 aliphatic heterocycles. The van der Waals surface area contributed by atoms with Gasteiger partial charge < -0.3 is 14.8 Å². The van der Waals surface area contributed by atoms with Crippen LogP contribution in [0.2, 0.25) is 0 Å². The third-order valence-electron chi connectivity index (χ3n) is 8.83. The van der Waals surface area contributed by atoms with E-state index in [2.05, 4.69) is 15.9 Å². The molecule has 0 radical (unpaired) electrons. The van der Waals surface area contributed by atoms with E-state index in [1.54, 1.807) is 29.0 Å². The van der Waals surface area contributed by atoms with E-state index in [9.17, 15) is 78.0 Å². The largest absolute Gasteiger partial charge is 0.430 e. The van der Waals surface area contributed by atoms with Crippen LogP contribution in [0.25, 0.3) is 17.0 Å². The van der Waals surface area contributed by atoms with E-state index in [1.807, 2.05) is 18.2 Å². The van der Waals surface area contributed by atoms with Crippen molar-refractivity contribution in [2.45, 2.75) is 54.2 Å². The van der Waals surface area contributed by atoms with Crippen molar-refractivity contribution in [2.75, 3.05) is 0 Å². The van der Waals surface area contributed by atoms with Gasteiger partial charge in [0.25, 0.3) is 22.6 Å². The molecule has 5 aromatic rings. The second kappa shape index (κ2) is 17.0. The van der Waals surface area contributed by atoms with Gasteiger partial charge in [-0.05, 0) is 40.8 Å². The number of aromatic nitrogens is 1. The van der Waals surface area contributed by atoms with Crippen molar-refractivity contribution in [3.05, 3.63) is 157 Å². The Morgan fingerprint density at radius 2 is 1.05 bits per heavy atom. The van der Waals surface area contributed by atoms with E-state index in [-0.39, 0.29) is 28.2 Å². The van der Waals surface area contributed by atoms with Gasteiger partial charge in [-0.1, -0.05) is 82.7 Å². The molecule has 0 bridgehead atoms. The van der Waals surface area contributed by atoms with Gasteiger partial charge in [0.05, 0.1) is 9.85 Å². The van der Waals surface area contributed by atoms with Crippen LogP contribution in [0.5, 0.6) is 0 Å². The summed E-state index contributed by atoms with van der Waals surface area (Å²) in [6.07, 6.45) is -17.2. The molecule has 59 heavy (non-hydrogen) atoms. The van der Waals surface area contributed by atoms with Gasteiger partial charge in [0.15, 0.2) is 0 Å². The minimum absolute atomic E-state index is 0.0953. The van der Waals surface area contributed by atoms with Crippen molar-refractivity contribution in [1.29, 1.82) is 0 Å². The first-order valence-corrected chi connectivity index (χ1v) is 17.4. The number of non-ortho nitro benzene ring substituents is 2. The van der Waals surface area contributed by atoms with Gasteiger partial charge in [-0.25, -0.2) is 0 Å². The van der Waals surface area contributed by atoms with E-state index < -0.39 is 52.0 Å². The van der Waals surface area contributed by atoms with Gasteiger partial charge in [0, 0.05) is 64.4 Å². The summed E-state index contributed by atoms with van der Waals surface area (Å²) in [6, 6.07) is 17.3. The van der Waals surface area contributed by atoms with Crippen LogP contribution < -0.4 is 0 Å². The second-order valence-corrected chi connectivity index (χ2v) is 13.2. The molecule has 316 valence electrons. The zero-order valence-corrected chi connectivity index (χ0v) is 30.9. The maximum Gasteiger partial charge on any atom is 0.430 e. The predicted molar refractivity (Wildman–Crippen MR) is 191 cm³/mol. The molecular formula is C37H26BrF12N3O6. The molecule has 9 nitrogen and oxygen atoms in total. The lowest BCUT2D eigenvalue weighted by Crippen LogP contribution is -2.53. The standard InChI is InChI=1S/C18H12F6N2O3.C10H7BrF6O.C9H7NO2/c19-17(20,21)16(27,18(22,23)24)13-3-1-11(2-4-13)10-25-8-7-12-9-14(26(28)29)5-6-15(12)25;11-5-6-1-3-7(4-2-6)8(18,9(12,13)14)10(15,16)17;11-10(12)9-5-4-7-2-1-3-8(7)6-9/h1-9,27H,10H2;1-4,18H,5H2;1,3-6H,2H2. The summed E-state index contributed by atoms with van der Waals surface area (Å²) in [6.45, 7) is 0.0953. The van der Waals surface area contributed by atoms with Gasteiger partial charge in [-0.2, -0.15) is 52.7 Å². The lowest BCUT2D eigenvalue weighted by atomic mass is 9.91. The highest BCUT2D eigenvalue weighted by Crippen LogP contribution is 2.51. The highest BCUT2D eigenvalue weighted by atomic mass is 79.9. The number of fused-ring (bicyclic) bond motifs is 2. The van der Waals surface area contributed by atoms with Crippen LogP contribution in [0.15, 0.2) is 103 Å². The fraction of sp³-hybridized carbons (Fsp3) is 0.243. The third-order valence-corrected chi connectivity index (χ3v) is 9.48. The second-order valence-electron chi connectivity index (χ2n) is 12.6. The SMILES string of the molecule is O=[N+]([O-])c1ccc2c(c1)C=CC2.O=[N+]([O-])c1ccc2c(ccn2Cc2ccc(C(O)(C(F)(F)F)C(F)(F)F)cc2)c1.OC(c1ccc(CBr)cc1)(C(F)(F)F)C(F)(F)F. The molecule has 4 aromatic carbocycles. The van der Waals surface area contributed by atoms with Crippen LogP contribution in [0, 0.1) is 20.2 Å². The molecule has 1 aliphatic rings. The fourth-order valence-electron chi connectivity index (χ4n) is 5.65. The van der Waals surface area contributed by atoms with E-state index in [4.69, 9.17) is 5.11 Å². The molecule has 1 aromatic heterocycles. The molecule has 2 N–H and O–H groups in total. The maximum atomic E-state index is 12.9. The van der Waals surface area contributed by atoms with Crippen molar-refractivity contribution >= 4 is 44.3 Å². The number of aliphatic hydroxyl groups is 2. The van der Waals surface area contributed by atoms with Crippen molar-refractivity contribution in [2.24, 2.45) is 0 Å². The number of halogens is 13. The van der Waals surface area contributed by atoms with E-state index in [0.29, 0.717) is 46.3 Å². The number of benzene rings is 4. The summed E-state index contributed by atoms with van der Waals surface area (Å²) in [5.41, 5.74) is -8.77. The molecular weight excluding hydrogens is 890 g/mol. The van der Waals surface area contributed by atoms with E-state index >= 15 is 0 Å². The molecule has 0 spiro atoms. The topological polar surface area (TPSA) is 132 Å². The van der Waals surface area contributed by atoms with E-state index in [0.717, 1.165) is 36.2 Å². The molecule has 0 amide bonds. The highest BCUT2D eigenvalue weighted by Gasteiger charge is 2.72. The summed E-state index contributed by atoms with van der Waals surface area (Å²) in [4.78, 5) is 20.3. The molecule has 1 heterocycles. The average molecular weight is 917 g/mol. The van der Waals surface area contributed by atoms with E-state index in [1.165, 1.54) is 23.8 Å². The monoisotopic (exact) mass is 915 g/mol. The minimum Gasteiger partial charge on any atom is -0.369 e. The first-order valence-electron chi connectivity index (χ1n) is 16.3. The van der Waals surface area contributed by atoms with Crippen molar-refractivity contribution in [1.82, 2.24) is 4.57 Å². The zero-order valence-electron chi connectivity index (χ0n) is 29.3. The summed E-state index contributed by atoms with van der Waals surface area (Å²) < 4.78 is 154.